The molecule has 2 aromatic rings. The van der Waals surface area contributed by atoms with Gasteiger partial charge in [-0.05, 0) is 35.8 Å². The summed E-state index contributed by atoms with van der Waals surface area (Å²) in [6, 6.07) is 15.6. The molecule has 2 aromatic carbocycles. The van der Waals surface area contributed by atoms with Gasteiger partial charge in [-0.2, -0.15) is 0 Å². The van der Waals surface area contributed by atoms with Crippen molar-refractivity contribution in [3.05, 3.63) is 64.6 Å². The number of hydrogen-bond acceptors (Lipinski definition) is 5. The fraction of sp³-hybridized carbons (Fsp3) is 0.273. The Morgan fingerprint density at radius 1 is 1.14 bits per heavy atom. The maximum Gasteiger partial charge on any atom is 0.266 e. The number of thiocarbonyl (C=S) groups is 1. The lowest BCUT2D eigenvalue weighted by atomic mass is 10.1. The molecule has 6 heteroatoms. The van der Waals surface area contributed by atoms with Gasteiger partial charge in [0.1, 0.15) is 10.9 Å². The zero-order valence-electron chi connectivity index (χ0n) is 16.0. The number of benzene rings is 2. The standard InChI is InChI=1S/C22H23NO3S2/c1-3-4-12-23-21(24)20(28-22(23)27)14-17-10-11-18(19(13-17)25-2)26-15-16-8-6-5-7-9-16/h5-11,13-14H,3-4,12,15H2,1-2H3. The Morgan fingerprint density at radius 2 is 1.93 bits per heavy atom. The molecular formula is C22H23NO3S2. The van der Waals surface area contributed by atoms with E-state index in [4.69, 9.17) is 21.7 Å². The number of nitrogens with zero attached hydrogens (tertiary/aromatic N) is 1. The first kappa shape index (κ1) is 20.4. The van der Waals surface area contributed by atoms with E-state index in [1.54, 1.807) is 12.0 Å². The summed E-state index contributed by atoms with van der Waals surface area (Å²) < 4.78 is 12.0. The fourth-order valence-corrected chi connectivity index (χ4v) is 4.10. The highest BCUT2D eigenvalue weighted by atomic mass is 32.2. The quantitative estimate of drug-likeness (QED) is 0.435. The molecule has 146 valence electrons. The van der Waals surface area contributed by atoms with Gasteiger partial charge in [-0.1, -0.05) is 73.7 Å². The third-order valence-electron chi connectivity index (χ3n) is 4.33. The number of thioether (sulfide) groups is 1. The summed E-state index contributed by atoms with van der Waals surface area (Å²) in [4.78, 5) is 14.9. The van der Waals surface area contributed by atoms with Crippen molar-refractivity contribution in [2.75, 3.05) is 13.7 Å². The van der Waals surface area contributed by atoms with Crippen molar-refractivity contribution in [1.29, 1.82) is 0 Å². The molecule has 0 bridgehead atoms. The van der Waals surface area contributed by atoms with E-state index < -0.39 is 0 Å². The molecule has 1 aliphatic rings. The largest absolute Gasteiger partial charge is 0.493 e. The SMILES string of the molecule is CCCCN1C(=O)C(=Cc2ccc(OCc3ccccc3)c(OC)c2)SC1=S. The Kier molecular flexibility index (Phi) is 7.12. The second-order valence-corrected chi connectivity index (χ2v) is 8.05. The summed E-state index contributed by atoms with van der Waals surface area (Å²) >= 11 is 6.71. The third kappa shape index (κ3) is 4.94. The molecule has 1 amide bonds. The average molecular weight is 414 g/mol. The Balaban J connectivity index is 1.74. The summed E-state index contributed by atoms with van der Waals surface area (Å²) in [5, 5.41) is 0. The monoisotopic (exact) mass is 413 g/mol. The first-order chi connectivity index (χ1) is 13.6. The first-order valence-corrected chi connectivity index (χ1v) is 10.4. The molecule has 1 heterocycles. The van der Waals surface area contributed by atoms with Gasteiger partial charge in [-0.3, -0.25) is 9.69 Å². The maximum atomic E-state index is 12.6. The first-order valence-electron chi connectivity index (χ1n) is 9.22. The molecule has 0 N–H and O–H groups in total. The molecular weight excluding hydrogens is 390 g/mol. The topological polar surface area (TPSA) is 38.8 Å². The van der Waals surface area contributed by atoms with Gasteiger partial charge in [0.05, 0.1) is 12.0 Å². The van der Waals surface area contributed by atoms with Crippen LogP contribution < -0.4 is 9.47 Å². The van der Waals surface area contributed by atoms with Crippen LogP contribution in [0.3, 0.4) is 0 Å². The van der Waals surface area contributed by atoms with Gasteiger partial charge in [0, 0.05) is 6.54 Å². The lowest BCUT2D eigenvalue weighted by Crippen LogP contribution is -2.28. The molecule has 0 radical (unpaired) electrons. The Labute approximate surface area is 175 Å². The average Bonchev–Trinajstić information content (AvgIpc) is 2.98. The smallest absolute Gasteiger partial charge is 0.266 e. The van der Waals surface area contributed by atoms with E-state index in [0.29, 0.717) is 33.9 Å². The van der Waals surface area contributed by atoms with Gasteiger partial charge >= 0.3 is 0 Å². The second kappa shape index (κ2) is 9.75. The number of amides is 1. The molecule has 0 spiro atoms. The van der Waals surface area contributed by atoms with E-state index in [2.05, 4.69) is 6.92 Å². The number of methoxy groups -OCH3 is 1. The molecule has 0 atom stereocenters. The van der Waals surface area contributed by atoms with E-state index in [1.807, 2.05) is 54.6 Å². The van der Waals surface area contributed by atoms with Gasteiger partial charge in [0.25, 0.3) is 5.91 Å². The normalized spacial score (nSPS) is 15.4. The lowest BCUT2D eigenvalue weighted by molar-refractivity contribution is -0.122. The fourth-order valence-electron chi connectivity index (χ4n) is 2.79. The summed E-state index contributed by atoms with van der Waals surface area (Å²) in [5.41, 5.74) is 1.96. The third-order valence-corrected chi connectivity index (χ3v) is 5.71. The Hall–Kier alpha value is -2.31. The highest BCUT2D eigenvalue weighted by Crippen LogP contribution is 2.35. The number of rotatable bonds is 8. The zero-order chi connectivity index (χ0) is 19.9. The predicted molar refractivity (Wildman–Crippen MR) is 119 cm³/mol. The summed E-state index contributed by atoms with van der Waals surface area (Å²) in [7, 11) is 1.61. The van der Waals surface area contributed by atoms with Crippen molar-refractivity contribution in [2.24, 2.45) is 0 Å². The van der Waals surface area contributed by atoms with Crippen molar-refractivity contribution >= 4 is 40.3 Å². The minimum absolute atomic E-state index is 0.0215. The Bertz CT molecular complexity index is 881. The summed E-state index contributed by atoms with van der Waals surface area (Å²) in [6.07, 6.45) is 3.83. The lowest BCUT2D eigenvalue weighted by Gasteiger charge is -2.13. The van der Waals surface area contributed by atoms with Crippen LogP contribution in [0.4, 0.5) is 0 Å². The maximum absolute atomic E-state index is 12.6. The van der Waals surface area contributed by atoms with Crippen LogP contribution >= 0.6 is 24.0 Å². The minimum atomic E-state index is -0.0215. The van der Waals surface area contributed by atoms with Crippen molar-refractivity contribution in [3.63, 3.8) is 0 Å². The van der Waals surface area contributed by atoms with Crippen LogP contribution in [0.25, 0.3) is 6.08 Å². The van der Waals surface area contributed by atoms with E-state index >= 15 is 0 Å². The van der Waals surface area contributed by atoms with E-state index in [-0.39, 0.29) is 5.91 Å². The molecule has 1 saturated heterocycles. The molecule has 4 nitrogen and oxygen atoms in total. The minimum Gasteiger partial charge on any atom is -0.493 e. The second-order valence-electron chi connectivity index (χ2n) is 6.37. The molecule has 1 aliphatic heterocycles. The summed E-state index contributed by atoms with van der Waals surface area (Å²) in [6.45, 7) is 3.24. The van der Waals surface area contributed by atoms with Crippen molar-refractivity contribution in [3.8, 4) is 11.5 Å². The summed E-state index contributed by atoms with van der Waals surface area (Å²) in [5.74, 6) is 1.27. The van der Waals surface area contributed by atoms with Gasteiger partial charge in [0.2, 0.25) is 0 Å². The van der Waals surface area contributed by atoms with Gasteiger partial charge in [-0.15, -0.1) is 0 Å². The van der Waals surface area contributed by atoms with Crippen molar-refractivity contribution < 1.29 is 14.3 Å². The van der Waals surface area contributed by atoms with Crippen LogP contribution in [-0.2, 0) is 11.4 Å². The number of unbranched alkanes of at least 4 members (excludes halogenated alkanes) is 1. The molecule has 3 rings (SSSR count). The van der Waals surface area contributed by atoms with Crippen LogP contribution in [-0.4, -0.2) is 28.8 Å². The molecule has 0 aliphatic carbocycles. The number of ether oxygens (including phenoxy) is 2. The number of carbonyl (C=O) groups excluding carboxylic acids is 1. The van der Waals surface area contributed by atoms with Crippen molar-refractivity contribution in [1.82, 2.24) is 4.90 Å². The highest BCUT2D eigenvalue weighted by molar-refractivity contribution is 8.26. The van der Waals surface area contributed by atoms with Gasteiger partial charge in [-0.25, -0.2) is 0 Å². The van der Waals surface area contributed by atoms with Gasteiger partial charge < -0.3 is 9.47 Å². The number of hydrogen-bond donors (Lipinski definition) is 0. The molecule has 0 unspecified atom stereocenters. The van der Waals surface area contributed by atoms with Crippen LogP contribution in [0, 0.1) is 0 Å². The van der Waals surface area contributed by atoms with Crippen LogP contribution in [0.2, 0.25) is 0 Å². The van der Waals surface area contributed by atoms with E-state index in [1.165, 1.54) is 11.8 Å². The van der Waals surface area contributed by atoms with Gasteiger partial charge in [0.15, 0.2) is 11.5 Å². The van der Waals surface area contributed by atoms with Crippen LogP contribution in [0.5, 0.6) is 11.5 Å². The number of carbonyl (C=O) groups is 1. The van der Waals surface area contributed by atoms with E-state index in [9.17, 15) is 4.79 Å². The molecule has 0 saturated carbocycles. The van der Waals surface area contributed by atoms with Crippen molar-refractivity contribution in [2.45, 2.75) is 26.4 Å². The zero-order valence-corrected chi connectivity index (χ0v) is 17.6. The van der Waals surface area contributed by atoms with E-state index in [0.717, 1.165) is 24.0 Å². The highest BCUT2D eigenvalue weighted by Gasteiger charge is 2.31. The van der Waals surface area contributed by atoms with Crippen LogP contribution in [0.1, 0.15) is 30.9 Å². The predicted octanol–water partition coefficient (Wildman–Crippen LogP) is 5.28. The Morgan fingerprint density at radius 3 is 2.64 bits per heavy atom. The molecule has 0 aromatic heterocycles. The molecule has 28 heavy (non-hydrogen) atoms. The molecule has 1 fully saturated rings. The van der Waals surface area contributed by atoms with Crippen LogP contribution in [0.15, 0.2) is 53.4 Å².